The number of hydroxylamine groups is 1. The Hall–Kier alpha value is -0.340. The molecule has 0 aliphatic heterocycles. The first-order chi connectivity index (χ1) is 8.22. The zero-order chi connectivity index (χ0) is 13.6. The van der Waals surface area contributed by atoms with Crippen LogP contribution in [0.5, 0.6) is 0 Å². The highest BCUT2D eigenvalue weighted by molar-refractivity contribution is 7.90. The minimum Gasteiger partial charge on any atom is -0.772 e. The fourth-order valence-corrected chi connectivity index (χ4v) is 3.81. The van der Waals surface area contributed by atoms with Gasteiger partial charge in [0.2, 0.25) is 0 Å². The van der Waals surface area contributed by atoms with Gasteiger partial charge in [-0.3, -0.25) is 4.47 Å². The topological polar surface area (TPSA) is 60.4 Å². The quantitative estimate of drug-likeness (QED) is 0.746. The van der Waals surface area contributed by atoms with E-state index in [1.807, 2.05) is 0 Å². The van der Waals surface area contributed by atoms with E-state index in [0.29, 0.717) is 11.8 Å². The highest BCUT2D eigenvalue weighted by Gasteiger charge is 2.47. The maximum absolute atomic E-state index is 12.1. The van der Waals surface area contributed by atoms with E-state index >= 15 is 0 Å². The number of hydrogen-bond acceptors (Lipinski definition) is 3. The number of fused-ring (bicyclic) bond motifs is 2. The first-order valence-electron chi connectivity index (χ1n) is 5.98. The molecule has 3 unspecified atom stereocenters. The second-order valence-corrected chi connectivity index (χ2v) is 7.02. The van der Waals surface area contributed by atoms with Crippen LogP contribution < -0.4 is 0 Å². The second kappa shape index (κ2) is 4.64. The zero-order valence-corrected chi connectivity index (χ0v) is 10.5. The monoisotopic (exact) mass is 286 g/mol. The molecule has 2 rings (SSSR count). The summed E-state index contributed by atoms with van der Waals surface area (Å²) < 4.78 is 57.1. The maximum atomic E-state index is 12.1. The van der Waals surface area contributed by atoms with E-state index < -0.39 is 26.5 Å². The normalized spacial score (nSPS) is 32.4. The standard InChI is InChI=1S/C10H15F3NO3S/c11-10(12,13)18(16,17)14(15)4-3-9-6-7-1-2-8(9)5-7/h7-9H,1-6H2/q-1. The molecule has 0 heterocycles. The number of nitrogens with zero attached hydrogens (tertiary/aromatic N) is 1. The van der Waals surface area contributed by atoms with Gasteiger partial charge in [0.05, 0.1) is 0 Å². The largest absolute Gasteiger partial charge is 0.772 e. The highest BCUT2D eigenvalue weighted by atomic mass is 32.2. The van der Waals surface area contributed by atoms with Crippen molar-refractivity contribution in [3.8, 4) is 0 Å². The summed E-state index contributed by atoms with van der Waals surface area (Å²) in [7, 11) is -5.70. The first-order valence-corrected chi connectivity index (χ1v) is 7.42. The molecular weight excluding hydrogens is 271 g/mol. The molecule has 2 bridgehead atoms. The molecule has 0 radical (unpaired) electrons. The van der Waals surface area contributed by atoms with Crippen LogP contribution >= 0.6 is 0 Å². The molecule has 18 heavy (non-hydrogen) atoms. The van der Waals surface area contributed by atoms with Crippen molar-refractivity contribution in [2.75, 3.05) is 6.54 Å². The lowest BCUT2D eigenvalue weighted by molar-refractivity contribution is -0.0478. The minimum absolute atomic E-state index is 0.212. The smallest absolute Gasteiger partial charge is 0.510 e. The minimum atomic E-state index is -5.70. The molecule has 2 aliphatic rings. The van der Waals surface area contributed by atoms with Crippen molar-refractivity contribution in [3.05, 3.63) is 5.21 Å². The molecule has 3 atom stereocenters. The fraction of sp³-hybridized carbons (Fsp3) is 1.00. The van der Waals surface area contributed by atoms with E-state index in [1.54, 1.807) is 0 Å². The molecule has 2 saturated carbocycles. The Morgan fingerprint density at radius 2 is 1.89 bits per heavy atom. The Balaban J connectivity index is 1.87. The third-order valence-electron chi connectivity index (χ3n) is 4.13. The SMILES string of the molecule is O=S(=O)(N([O-])CCC1CC2CCC1C2)C(F)(F)F. The van der Waals surface area contributed by atoms with Gasteiger partial charge in [-0.2, -0.15) is 13.2 Å². The zero-order valence-electron chi connectivity index (χ0n) is 9.69. The van der Waals surface area contributed by atoms with Crippen LogP contribution in [0.25, 0.3) is 0 Å². The second-order valence-electron chi connectivity index (χ2n) is 5.20. The molecule has 4 nitrogen and oxygen atoms in total. The average molecular weight is 286 g/mol. The number of alkyl halides is 3. The molecule has 0 N–H and O–H groups in total. The van der Waals surface area contributed by atoms with E-state index in [4.69, 9.17) is 0 Å². The average Bonchev–Trinajstić information content (AvgIpc) is 2.85. The summed E-state index contributed by atoms with van der Waals surface area (Å²) in [6.07, 6.45) is 4.45. The molecule has 0 aromatic carbocycles. The van der Waals surface area contributed by atoms with Crippen molar-refractivity contribution in [2.24, 2.45) is 17.8 Å². The van der Waals surface area contributed by atoms with Gasteiger partial charge in [-0.25, -0.2) is 8.42 Å². The summed E-state index contributed by atoms with van der Waals surface area (Å²) in [5.74, 6) is 1.31. The summed E-state index contributed by atoms with van der Waals surface area (Å²) in [5.41, 5.74) is -5.50. The van der Waals surface area contributed by atoms with Crippen LogP contribution in [0.1, 0.15) is 32.1 Å². The predicted molar refractivity (Wildman–Crippen MR) is 58.6 cm³/mol. The van der Waals surface area contributed by atoms with Crippen molar-refractivity contribution in [1.29, 1.82) is 0 Å². The summed E-state index contributed by atoms with van der Waals surface area (Å²) in [6.45, 7) is -0.588. The molecule has 0 saturated heterocycles. The van der Waals surface area contributed by atoms with Gasteiger partial charge in [0.15, 0.2) is 0 Å². The van der Waals surface area contributed by atoms with Crippen LogP contribution in [-0.4, -0.2) is 24.9 Å². The van der Waals surface area contributed by atoms with Crippen LogP contribution in [0, 0.1) is 23.0 Å². The van der Waals surface area contributed by atoms with Crippen LogP contribution in [0.2, 0.25) is 0 Å². The fourth-order valence-electron chi connectivity index (χ4n) is 3.24. The summed E-state index contributed by atoms with van der Waals surface area (Å²) in [4.78, 5) is 0. The molecule has 106 valence electrons. The molecule has 0 aromatic heterocycles. The molecule has 2 aliphatic carbocycles. The van der Waals surface area contributed by atoms with E-state index in [0.717, 1.165) is 25.7 Å². The number of rotatable bonds is 4. The van der Waals surface area contributed by atoms with Crippen LogP contribution in [0.4, 0.5) is 13.2 Å². The van der Waals surface area contributed by atoms with Crippen molar-refractivity contribution in [3.63, 3.8) is 0 Å². The lowest BCUT2D eigenvalue weighted by Crippen LogP contribution is -2.38. The van der Waals surface area contributed by atoms with Gasteiger partial charge in [-0.1, -0.05) is 6.42 Å². The highest BCUT2D eigenvalue weighted by Crippen LogP contribution is 2.49. The molecule has 8 heteroatoms. The Labute approximate surface area is 104 Å². The van der Waals surface area contributed by atoms with E-state index in [2.05, 4.69) is 0 Å². The Morgan fingerprint density at radius 3 is 2.33 bits per heavy atom. The van der Waals surface area contributed by atoms with E-state index in [9.17, 15) is 26.8 Å². The Morgan fingerprint density at radius 1 is 1.22 bits per heavy atom. The number of hydrogen-bond donors (Lipinski definition) is 0. The third kappa shape index (κ3) is 2.50. The lowest BCUT2D eigenvalue weighted by Gasteiger charge is -2.30. The lowest BCUT2D eigenvalue weighted by atomic mass is 9.86. The van der Waals surface area contributed by atoms with Gasteiger partial charge in [-0.15, -0.1) is 0 Å². The Kier molecular flexibility index (Phi) is 3.63. The van der Waals surface area contributed by atoms with Crippen molar-refractivity contribution >= 4 is 10.0 Å². The summed E-state index contributed by atoms with van der Waals surface area (Å²) >= 11 is 0. The molecule has 0 aromatic rings. The van der Waals surface area contributed by atoms with Crippen molar-refractivity contribution < 1.29 is 21.6 Å². The molecule has 2 fully saturated rings. The van der Waals surface area contributed by atoms with Gasteiger partial charge in [0, 0.05) is 6.54 Å². The van der Waals surface area contributed by atoms with Crippen molar-refractivity contribution in [1.82, 2.24) is 4.47 Å². The third-order valence-corrected chi connectivity index (χ3v) is 5.43. The van der Waals surface area contributed by atoms with Gasteiger partial charge >= 0.3 is 15.5 Å². The maximum Gasteiger partial charge on any atom is 0.510 e. The Bertz CT molecular complexity index is 409. The van der Waals surface area contributed by atoms with E-state index in [1.165, 1.54) is 0 Å². The molecule has 0 spiro atoms. The van der Waals surface area contributed by atoms with Gasteiger partial charge in [0.25, 0.3) is 0 Å². The first kappa shape index (κ1) is 14.1. The molecular formula is C10H15F3NO3S-. The molecule has 0 amide bonds. The van der Waals surface area contributed by atoms with E-state index in [-0.39, 0.29) is 12.3 Å². The summed E-state index contributed by atoms with van der Waals surface area (Å²) in [6, 6.07) is 0. The van der Waals surface area contributed by atoms with Crippen LogP contribution in [-0.2, 0) is 10.0 Å². The van der Waals surface area contributed by atoms with Crippen LogP contribution in [0.3, 0.4) is 0 Å². The number of sulfonamides is 1. The summed E-state index contributed by atoms with van der Waals surface area (Å²) in [5, 5.41) is 11.1. The van der Waals surface area contributed by atoms with Gasteiger partial charge < -0.3 is 5.21 Å². The number of halogens is 3. The van der Waals surface area contributed by atoms with Crippen LogP contribution in [0.15, 0.2) is 0 Å². The van der Waals surface area contributed by atoms with Gasteiger partial charge in [-0.05, 0) is 43.4 Å². The predicted octanol–water partition coefficient (Wildman–Crippen LogP) is 2.46. The van der Waals surface area contributed by atoms with Gasteiger partial charge in [0.1, 0.15) is 0 Å². The van der Waals surface area contributed by atoms with Crippen molar-refractivity contribution in [2.45, 2.75) is 37.6 Å².